The van der Waals surface area contributed by atoms with Gasteiger partial charge in [0.15, 0.2) is 0 Å². The second-order valence-electron chi connectivity index (χ2n) is 7.26. The third-order valence-electron chi connectivity index (χ3n) is 5.18. The van der Waals surface area contributed by atoms with E-state index in [1.54, 1.807) is 12.1 Å². The topological polar surface area (TPSA) is 64.3 Å². The number of alkyl carbamates (subject to hydrolysis) is 1. The van der Waals surface area contributed by atoms with Crippen molar-refractivity contribution in [3.05, 3.63) is 95.3 Å². The van der Waals surface area contributed by atoms with Gasteiger partial charge in [-0.15, -0.1) is 0 Å². The molecule has 3 N–H and O–H groups in total. The summed E-state index contributed by atoms with van der Waals surface area (Å²) >= 11 is 0. The van der Waals surface area contributed by atoms with Gasteiger partial charge in [-0.2, -0.15) is 0 Å². The maximum atomic E-state index is 13.3. The standard InChI is InChI=1S/C25H23FN2O2/c26-18-13-17(14-19(27)15-18)7-5-6-12-28-25(29)30-16-24-22-10-3-1-8-20(22)21-9-2-4-11-23(21)24/h1-5,7-11,13-15,24H,6,12,16,27H2,(H,28,29). The van der Waals surface area contributed by atoms with E-state index in [-0.39, 0.29) is 18.3 Å². The van der Waals surface area contributed by atoms with E-state index in [1.807, 2.05) is 30.3 Å². The van der Waals surface area contributed by atoms with Gasteiger partial charge < -0.3 is 15.8 Å². The number of ether oxygens (including phenoxy) is 1. The van der Waals surface area contributed by atoms with Crippen LogP contribution in [0.1, 0.15) is 29.0 Å². The van der Waals surface area contributed by atoms with Gasteiger partial charge in [0.1, 0.15) is 12.4 Å². The fourth-order valence-corrected chi connectivity index (χ4v) is 3.86. The smallest absolute Gasteiger partial charge is 0.407 e. The Morgan fingerprint density at radius 1 is 1.03 bits per heavy atom. The van der Waals surface area contributed by atoms with E-state index in [4.69, 9.17) is 10.5 Å². The molecule has 0 saturated carbocycles. The molecule has 0 spiro atoms. The van der Waals surface area contributed by atoms with Crippen LogP contribution >= 0.6 is 0 Å². The van der Waals surface area contributed by atoms with Crippen LogP contribution in [0.5, 0.6) is 0 Å². The Hall–Kier alpha value is -3.60. The lowest BCUT2D eigenvalue weighted by molar-refractivity contribution is 0.143. The minimum Gasteiger partial charge on any atom is -0.449 e. The number of fused-ring (bicyclic) bond motifs is 3. The molecule has 5 heteroatoms. The number of halogens is 1. The van der Waals surface area contributed by atoms with Gasteiger partial charge in [0, 0.05) is 18.2 Å². The van der Waals surface area contributed by atoms with Gasteiger partial charge >= 0.3 is 6.09 Å². The highest BCUT2D eigenvalue weighted by atomic mass is 19.1. The minimum absolute atomic E-state index is 0.0430. The Morgan fingerprint density at radius 3 is 2.37 bits per heavy atom. The largest absolute Gasteiger partial charge is 0.449 e. The molecule has 3 aromatic carbocycles. The maximum Gasteiger partial charge on any atom is 0.407 e. The summed E-state index contributed by atoms with van der Waals surface area (Å²) in [5, 5.41) is 2.75. The molecular formula is C25H23FN2O2. The Labute approximate surface area is 175 Å². The summed E-state index contributed by atoms with van der Waals surface area (Å²) in [7, 11) is 0. The van der Waals surface area contributed by atoms with Crippen LogP contribution in [0.4, 0.5) is 14.9 Å². The Kier molecular flexibility index (Phi) is 5.80. The van der Waals surface area contributed by atoms with Crippen LogP contribution in [-0.2, 0) is 4.74 Å². The van der Waals surface area contributed by atoms with E-state index in [0.717, 1.165) is 0 Å². The predicted octanol–water partition coefficient (Wildman–Crippen LogP) is 5.35. The summed E-state index contributed by atoms with van der Waals surface area (Å²) in [5.74, 6) is -0.326. The molecule has 0 fully saturated rings. The van der Waals surface area contributed by atoms with Gasteiger partial charge in [0.2, 0.25) is 0 Å². The molecule has 0 unspecified atom stereocenters. The predicted molar refractivity (Wildman–Crippen MR) is 118 cm³/mol. The number of anilines is 1. The Balaban J connectivity index is 1.28. The van der Waals surface area contributed by atoms with Crippen LogP contribution in [-0.4, -0.2) is 19.2 Å². The molecule has 30 heavy (non-hydrogen) atoms. The average Bonchev–Trinajstić information content (AvgIpc) is 3.05. The van der Waals surface area contributed by atoms with Gasteiger partial charge in [0.05, 0.1) is 0 Å². The average molecular weight is 402 g/mol. The lowest BCUT2D eigenvalue weighted by Gasteiger charge is -2.14. The summed E-state index contributed by atoms with van der Waals surface area (Å²) in [6.45, 7) is 0.718. The fraction of sp³-hybridized carbons (Fsp3) is 0.160. The van der Waals surface area contributed by atoms with Crippen molar-refractivity contribution in [1.82, 2.24) is 5.32 Å². The van der Waals surface area contributed by atoms with E-state index in [0.29, 0.717) is 24.2 Å². The number of nitrogens with one attached hydrogen (secondary N) is 1. The van der Waals surface area contributed by atoms with Gasteiger partial charge in [-0.05, 0) is 52.4 Å². The van der Waals surface area contributed by atoms with Crippen LogP contribution in [0.15, 0.2) is 72.8 Å². The quantitative estimate of drug-likeness (QED) is 0.431. The Morgan fingerprint density at radius 2 is 1.70 bits per heavy atom. The third-order valence-corrected chi connectivity index (χ3v) is 5.18. The normalized spacial score (nSPS) is 12.6. The van der Waals surface area contributed by atoms with Gasteiger partial charge in [0.25, 0.3) is 0 Å². The second-order valence-corrected chi connectivity index (χ2v) is 7.26. The van der Waals surface area contributed by atoms with Crippen molar-refractivity contribution in [2.75, 3.05) is 18.9 Å². The summed E-state index contributed by atoms with van der Waals surface area (Å²) in [4.78, 5) is 12.1. The number of benzene rings is 3. The third kappa shape index (κ3) is 4.35. The number of carbonyl (C=O) groups excluding carboxylic acids is 1. The molecule has 3 aromatic rings. The number of nitrogen functional groups attached to an aromatic ring is 1. The first-order valence-corrected chi connectivity index (χ1v) is 9.93. The zero-order valence-corrected chi connectivity index (χ0v) is 16.5. The molecule has 1 amide bonds. The van der Waals surface area contributed by atoms with Crippen molar-refractivity contribution in [2.24, 2.45) is 0 Å². The van der Waals surface area contributed by atoms with E-state index in [2.05, 4.69) is 29.6 Å². The van der Waals surface area contributed by atoms with Crippen molar-refractivity contribution < 1.29 is 13.9 Å². The van der Waals surface area contributed by atoms with Crippen LogP contribution < -0.4 is 11.1 Å². The van der Waals surface area contributed by atoms with E-state index in [1.165, 1.54) is 34.4 Å². The summed E-state index contributed by atoms with van der Waals surface area (Å²) in [5.41, 5.74) is 11.5. The van der Waals surface area contributed by atoms with Gasteiger partial charge in [-0.25, -0.2) is 9.18 Å². The first kappa shape index (κ1) is 19.7. The molecule has 0 radical (unpaired) electrons. The minimum atomic E-state index is -0.444. The molecular weight excluding hydrogens is 379 g/mol. The monoisotopic (exact) mass is 402 g/mol. The molecule has 4 nitrogen and oxygen atoms in total. The molecule has 0 aromatic heterocycles. The number of carbonyl (C=O) groups is 1. The van der Waals surface area contributed by atoms with E-state index >= 15 is 0 Å². The molecule has 0 saturated heterocycles. The highest BCUT2D eigenvalue weighted by Gasteiger charge is 2.28. The number of amides is 1. The number of nitrogens with two attached hydrogens (primary N) is 1. The van der Waals surface area contributed by atoms with Crippen molar-refractivity contribution in [1.29, 1.82) is 0 Å². The highest BCUT2D eigenvalue weighted by molar-refractivity contribution is 5.79. The van der Waals surface area contributed by atoms with Crippen LogP contribution in [0.25, 0.3) is 17.2 Å². The molecule has 0 aliphatic heterocycles. The molecule has 1 aliphatic rings. The van der Waals surface area contributed by atoms with Crippen LogP contribution in [0.3, 0.4) is 0 Å². The van der Waals surface area contributed by atoms with Crippen molar-refractivity contribution in [3.63, 3.8) is 0 Å². The molecule has 4 rings (SSSR count). The number of rotatable bonds is 6. The zero-order valence-electron chi connectivity index (χ0n) is 16.5. The van der Waals surface area contributed by atoms with E-state index < -0.39 is 6.09 Å². The maximum absolute atomic E-state index is 13.3. The molecule has 152 valence electrons. The van der Waals surface area contributed by atoms with Crippen LogP contribution in [0, 0.1) is 5.82 Å². The summed E-state index contributed by atoms with van der Waals surface area (Å²) in [6.07, 6.45) is 3.79. The SMILES string of the molecule is Nc1cc(F)cc(C=CCCNC(=O)OCC2c3ccccc3-c3ccccc32)c1. The molecule has 1 aliphatic carbocycles. The number of hydrogen-bond acceptors (Lipinski definition) is 3. The van der Waals surface area contributed by atoms with Crippen LogP contribution in [0.2, 0.25) is 0 Å². The summed E-state index contributed by atoms with van der Waals surface area (Å²) in [6, 6.07) is 20.8. The molecule has 0 bridgehead atoms. The fourth-order valence-electron chi connectivity index (χ4n) is 3.86. The van der Waals surface area contributed by atoms with Gasteiger partial charge in [-0.3, -0.25) is 0 Å². The summed E-state index contributed by atoms with van der Waals surface area (Å²) < 4.78 is 18.8. The molecule has 0 atom stereocenters. The molecule has 0 heterocycles. The van der Waals surface area contributed by atoms with Crippen molar-refractivity contribution >= 4 is 17.9 Å². The lowest BCUT2D eigenvalue weighted by atomic mass is 9.98. The van der Waals surface area contributed by atoms with Crippen molar-refractivity contribution in [3.8, 4) is 11.1 Å². The first-order valence-electron chi connectivity index (χ1n) is 9.93. The Bertz CT molecular complexity index is 1030. The van der Waals surface area contributed by atoms with Crippen molar-refractivity contribution in [2.45, 2.75) is 12.3 Å². The zero-order chi connectivity index (χ0) is 20.9. The first-order chi connectivity index (χ1) is 14.6. The second kappa shape index (κ2) is 8.82. The van der Waals surface area contributed by atoms with E-state index in [9.17, 15) is 9.18 Å². The lowest BCUT2D eigenvalue weighted by Crippen LogP contribution is -2.26. The highest BCUT2D eigenvalue weighted by Crippen LogP contribution is 2.44. The van der Waals surface area contributed by atoms with Gasteiger partial charge in [-0.1, -0.05) is 60.7 Å². The number of hydrogen-bond donors (Lipinski definition) is 2.